The average Bonchev–Trinajstić information content (AvgIpc) is 2.65. The Labute approximate surface area is 155 Å². The van der Waals surface area contributed by atoms with Crippen LogP contribution < -0.4 is 20.3 Å². The molecule has 1 aromatic heterocycles. The van der Waals surface area contributed by atoms with E-state index in [2.05, 4.69) is 9.97 Å². The quantitative estimate of drug-likeness (QED) is 0.259. The number of carbonyl (C=O) groups is 1. The molecule has 0 radical (unpaired) electrons. The zero-order valence-corrected chi connectivity index (χ0v) is 15.7. The van der Waals surface area contributed by atoms with E-state index in [-0.39, 0.29) is 5.91 Å². The number of aromatic nitrogens is 2. The Hall–Kier alpha value is -2.03. The van der Waals surface area contributed by atoms with Gasteiger partial charge in [0.05, 0.1) is 31.2 Å². The molecule has 0 spiro atoms. The molecule has 25 heavy (non-hydrogen) atoms. The number of hydrogen-bond acceptors (Lipinski definition) is 7. The molecule has 1 atom stereocenters. The number of anilines is 1. The number of rotatable bonds is 7. The van der Waals surface area contributed by atoms with Crippen molar-refractivity contribution in [3.05, 3.63) is 35.4 Å². The Morgan fingerprint density at radius 1 is 1.24 bits per heavy atom. The van der Waals surface area contributed by atoms with E-state index in [0.29, 0.717) is 34.0 Å². The van der Waals surface area contributed by atoms with Gasteiger partial charge in [0.25, 0.3) is 5.91 Å². The van der Waals surface area contributed by atoms with Crippen LogP contribution in [-0.4, -0.2) is 35.3 Å². The molecule has 0 aliphatic carbocycles. The summed E-state index contributed by atoms with van der Waals surface area (Å²) >= 11 is 7.06. The Morgan fingerprint density at radius 2 is 1.80 bits per heavy atom. The van der Waals surface area contributed by atoms with Gasteiger partial charge in [0, 0.05) is 5.02 Å². The molecule has 1 heterocycles. The van der Waals surface area contributed by atoms with Crippen molar-refractivity contribution in [3.63, 3.8) is 0 Å². The van der Waals surface area contributed by atoms with Gasteiger partial charge in [0.1, 0.15) is 0 Å². The van der Waals surface area contributed by atoms with Crippen LogP contribution in [0.3, 0.4) is 0 Å². The van der Waals surface area contributed by atoms with Crippen LogP contribution in [0.15, 0.2) is 35.5 Å². The van der Waals surface area contributed by atoms with Crippen molar-refractivity contribution in [1.82, 2.24) is 9.97 Å². The molecule has 0 aliphatic rings. The van der Waals surface area contributed by atoms with E-state index < -0.39 is 5.25 Å². The van der Waals surface area contributed by atoms with Crippen molar-refractivity contribution in [1.29, 1.82) is 0 Å². The lowest BCUT2D eigenvalue weighted by molar-refractivity contribution is -0.118. The van der Waals surface area contributed by atoms with Gasteiger partial charge in [0.2, 0.25) is 11.8 Å². The molecule has 2 aromatic rings. The second-order valence-corrected chi connectivity index (χ2v) is 6.54. The normalized spacial score (nSPS) is 11.7. The largest absolute Gasteiger partial charge is 0.481 e. The molecule has 1 amide bonds. The fourth-order valence-corrected chi connectivity index (χ4v) is 3.01. The van der Waals surface area contributed by atoms with Crippen molar-refractivity contribution >= 4 is 35.0 Å². The van der Waals surface area contributed by atoms with E-state index >= 15 is 0 Å². The van der Waals surface area contributed by atoms with Gasteiger partial charge in [0.15, 0.2) is 5.16 Å². The van der Waals surface area contributed by atoms with E-state index in [9.17, 15) is 4.79 Å². The highest BCUT2D eigenvalue weighted by Gasteiger charge is 2.25. The van der Waals surface area contributed by atoms with Gasteiger partial charge >= 0.3 is 0 Å². The van der Waals surface area contributed by atoms with Crippen LogP contribution in [0.1, 0.15) is 13.3 Å². The highest BCUT2D eigenvalue weighted by atomic mass is 35.5. The van der Waals surface area contributed by atoms with Gasteiger partial charge in [-0.25, -0.2) is 10.9 Å². The first kappa shape index (κ1) is 19.3. The number of hydrogen-bond donors (Lipinski definition) is 1. The Kier molecular flexibility index (Phi) is 6.86. The maximum absolute atomic E-state index is 12.7. The summed E-state index contributed by atoms with van der Waals surface area (Å²) in [5.74, 6) is 6.42. The number of halogens is 1. The summed E-state index contributed by atoms with van der Waals surface area (Å²) in [4.78, 5) is 21.2. The van der Waals surface area contributed by atoms with Crippen molar-refractivity contribution in [2.75, 3.05) is 19.2 Å². The zero-order chi connectivity index (χ0) is 18.4. The minimum absolute atomic E-state index is 0.264. The Morgan fingerprint density at radius 3 is 2.28 bits per heavy atom. The van der Waals surface area contributed by atoms with Crippen LogP contribution in [0, 0.1) is 0 Å². The van der Waals surface area contributed by atoms with Gasteiger partial charge in [-0.2, -0.15) is 9.97 Å². The summed E-state index contributed by atoms with van der Waals surface area (Å²) in [6, 6.07) is 8.28. The molecule has 9 heteroatoms. The van der Waals surface area contributed by atoms with Gasteiger partial charge < -0.3 is 9.47 Å². The first-order valence-corrected chi connectivity index (χ1v) is 8.72. The van der Waals surface area contributed by atoms with Crippen molar-refractivity contribution in [2.45, 2.75) is 23.8 Å². The summed E-state index contributed by atoms with van der Waals surface area (Å²) in [6.45, 7) is 1.89. The average molecular weight is 383 g/mol. The van der Waals surface area contributed by atoms with Crippen molar-refractivity contribution in [3.8, 4) is 11.8 Å². The number of nitrogens with two attached hydrogens (primary N) is 1. The molecule has 2 N–H and O–H groups in total. The van der Waals surface area contributed by atoms with Crippen LogP contribution in [0.5, 0.6) is 11.8 Å². The molecule has 1 aromatic carbocycles. The second kappa shape index (κ2) is 8.89. The van der Waals surface area contributed by atoms with Gasteiger partial charge in [-0.15, -0.1) is 0 Å². The molecular formula is C16H19ClN4O3S. The molecule has 0 saturated carbocycles. The van der Waals surface area contributed by atoms with E-state index in [1.54, 1.807) is 30.3 Å². The number of benzene rings is 1. The third-order valence-electron chi connectivity index (χ3n) is 3.31. The number of methoxy groups -OCH3 is 2. The third-order valence-corrected chi connectivity index (χ3v) is 4.78. The van der Waals surface area contributed by atoms with Gasteiger partial charge in [-0.3, -0.25) is 4.79 Å². The van der Waals surface area contributed by atoms with Gasteiger partial charge in [-0.05, 0) is 30.7 Å². The standard InChI is InChI=1S/C16H19ClN4O3S/c1-4-12(15(22)21(18)11-7-5-10(17)6-8-11)25-16-19-13(23-2)9-14(20-16)24-3/h5-9,12H,4,18H2,1-3H3. The van der Waals surface area contributed by atoms with Gasteiger partial charge in [-0.1, -0.05) is 30.3 Å². The molecular weight excluding hydrogens is 364 g/mol. The SMILES string of the molecule is CCC(Sc1nc(OC)cc(OC)n1)C(=O)N(N)c1ccc(Cl)cc1. The number of hydrazine groups is 1. The number of ether oxygens (including phenoxy) is 2. The number of thioether (sulfide) groups is 1. The Balaban J connectivity index is 2.18. The lowest BCUT2D eigenvalue weighted by Crippen LogP contribution is -2.43. The summed E-state index contributed by atoms with van der Waals surface area (Å²) in [5, 5.41) is 1.59. The molecule has 0 bridgehead atoms. The van der Waals surface area contributed by atoms with E-state index in [1.165, 1.54) is 26.0 Å². The van der Waals surface area contributed by atoms with Crippen LogP contribution in [-0.2, 0) is 4.79 Å². The molecule has 0 aliphatic heterocycles. The smallest absolute Gasteiger partial charge is 0.254 e. The predicted molar refractivity (Wildman–Crippen MR) is 98.2 cm³/mol. The topological polar surface area (TPSA) is 90.6 Å². The highest BCUT2D eigenvalue weighted by Crippen LogP contribution is 2.28. The minimum Gasteiger partial charge on any atom is -0.481 e. The van der Waals surface area contributed by atoms with E-state index in [1.807, 2.05) is 6.92 Å². The molecule has 134 valence electrons. The van der Waals surface area contributed by atoms with Crippen molar-refractivity contribution in [2.24, 2.45) is 5.84 Å². The van der Waals surface area contributed by atoms with Crippen LogP contribution in [0.2, 0.25) is 5.02 Å². The first-order valence-electron chi connectivity index (χ1n) is 7.46. The maximum atomic E-state index is 12.7. The fraction of sp³-hybridized carbons (Fsp3) is 0.312. The minimum atomic E-state index is -0.461. The summed E-state index contributed by atoms with van der Waals surface area (Å²) in [5.41, 5.74) is 0.553. The molecule has 7 nitrogen and oxygen atoms in total. The number of amides is 1. The fourth-order valence-electron chi connectivity index (χ4n) is 1.97. The third kappa shape index (κ3) is 4.97. The lowest BCUT2D eigenvalue weighted by Gasteiger charge is -2.22. The van der Waals surface area contributed by atoms with E-state index in [0.717, 1.165) is 5.01 Å². The zero-order valence-electron chi connectivity index (χ0n) is 14.1. The van der Waals surface area contributed by atoms with E-state index in [4.69, 9.17) is 26.9 Å². The number of carbonyl (C=O) groups excluding carboxylic acids is 1. The first-order chi connectivity index (χ1) is 12.0. The highest BCUT2D eigenvalue weighted by molar-refractivity contribution is 8.00. The second-order valence-electron chi connectivity index (χ2n) is 4.93. The Bertz CT molecular complexity index is 708. The van der Waals surface area contributed by atoms with Crippen molar-refractivity contribution < 1.29 is 14.3 Å². The van der Waals surface area contributed by atoms with Crippen LogP contribution in [0.25, 0.3) is 0 Å². The summed E-state index contributed by atoms with van der Waals surface area (Å²) in [7, 11) is 3.00. The summed E-state index contributed by atoms with van der Waals surface area (Å²) in [6.07, 6.45) is 0.549. The molecule has 0 saturated heterocycles. The summed E-state index contributed by atoms with van der Waals surface area (Å²) < 4.78 is 10.2. The maximum Gasteiger partial charge on any atom is 0.254 e. The lowest BCUT2D eigenvalue weighted by atomic mass is 10.2. The van der Waals surface area contributed by atoms with Crippen LogP contribution >= 0.6 is 23.4 Å². The molecule has 1 unspecified atom stereocenters. The monoisotopic (exact) mass is 382 g/mol. The molecule has 0 fully saturated rings. The van der Waals surface area contributed by atoms with Crippen LogP contribution in [0.4, 0.5) is 5.69 Å². The predicted octanol–water partition coefficient (Wildman–Crippen LogP) is 2.92. The molecule has 2 rings (SSSR count). The number of nitrogens with zero attached hydrogens (tertiary/aromatic N) is 3.